The van der Waals surface area contributed by atoms with Gasteiger partial charge in [0.25, 0.3) is 0 Å². The number of benzene rings is 2. The fourth-order valence-corrected chi connectivity index (χ4v) is 5.84. The van der Waals surface area contributed by atoms with Crippen LogP contribution in [0.3, 0.4) is 0 Å². The van der Waals surface area contributed by atoms with Gasteiger partial charge in [-0.25, -0.2) is 0 Å². The van der Waals surface area contributed by atoms with Crippen LogP contribution in [0, 0.1) is 5.92 Å². The van der Waals surface area contributed by atoms with Crippen LogP contribution in [-0.4, -0.2) is 12.1 Å². The van der Waals surface area contributed by atoms with Gasteiger partial charge in [-0.3, -0.25) is 0 Å². The zero-order valence-electron chi connectivity index (χ0n) is 21.7. The summed E-state index contributed by atoms with van der Waals surface area (Å²) in [7, 11) is 0. The van der Waals surface area contributed by atoms with E-state index in [1.165, 1.54) is 68.9 Å². The molecular weight excluding hydrogens is 400 g/mol. The second-order valence-corrected chi connectivity index (χ2v) is 11.5. The number of hydrogen-bond acceptors (Lipinski definition) is 2. The van der Waals surface area contributed by atoms with Crippen molar-refractivity contribution in [1.82, 2.24) is 10.6 Å². The lowest BCUT2D eigenvalue weighted by atomic mass is 9.89. The fraction of sp³-hybridized carbons (Fsp3) is 0.613. The first-order valence-corrected chi connectivity index (χ1v) is 13.6. The predicted molar refractivity (Wildman–Crippen MR) is 142 cm³/mol. The van der Waals surface area contributed by atoms with E-state index in [-0.39, 0.29) is 11.1 Å². The van der Waals surface area contributed by atoms with E-state index >= 15 is 0 Å². The maximum Gasteiger partial charge on any atom is 0.0440 e. The molecule has 2 saturated carbocycles. The van der Waals surface area contributed by atoms with Crippen LogP contribution in [0.2, 0.25) is 0 Å². The highest BCUT2D eigenvalue weighted by molar-refractivity contribution is 5.38. The van der Waals surface area contributed by atoms with E-state index in [1.54, 1.807) is 11.1 Å². The molecule has 2 aliphatic rings. The molecular formula is C31H46N2. The maximum atomic E-state index is 4.03. The van der Waals surface area contributed by atoms with Crippen LogP contribution in [-0.2, 0) is 23.9 Å². The van der Waals surface area contributed by atoms with E-state index in [4.69, 9.17) is 0 Å². The van der Waals surface area contributed by atoms with Crippen molar-refractivity contribution in [2.45, 2.75) is 116 Å². The normalized spacial score (nSPS) is 19.9. The summed E-state index contributed by atoms with van der Waals surface area (Å²) in [6, 6.07) is 19.6. The highest BCUT2D eigenvalue weighted by atomic mass is 15.1. The lowest BCUT2D eigenvalue weighted by molar-refractivity contribution is 0.381. The molecule has 0 saturated heterocycles. The standard InChI is InChI=1S/C31H46N2/c1-6-10-26-11-9-13-28(22-26)30(17-18-30)33-25(5)16-15-24(4)21-27-12-7-8-14-29(27)31(19-20-31)32-23(2)3/h7-9,11-14,22-25,32-33H,6,10,15-21H2,1-5H3. The van der Waals surface area contributed by atoms with Crippen LogP contribution in [0.25, 0.3) is 0 Å². The first-order chi connectivity index (χ1) is 15.9. The Morgan fingerprint density at radius 2 is 1.55 bits per heavy atom. The predicted octanol–water partition coefficient (Wildman–Crippen LogP) is 7.25. The van der Waals surface area contributed by atoms with Crippen LogP contribution in [0.5, 0.6) is 0 Å². The Labute approximate surface area is 203 Å². The van der Waals surface area contributed by atoms with Gasteiger partial charge >= 0.3 is 0 Å². The minimum atomic E-state index is 0.236. The molecule has 0 radical (unpaired) electrons. The summed E-state index contributed by atoms with van der Waals surface area (Å²) in [4.78, 5) is 0. The maximum absolute atomic E-state index is 4.03. The van der Waals surface area contributed by atoms with Gasteiger partial charge in [-0.2, -0.15) is 0 Å². The van der Waals surface area contributed by atoms with Crippen molar-refractivity contribution in [3.63, 3.8) is 0 Å². The average molecular weight is 447 g/mol. The van der Waals surface area contributed by atoms with Crippen LogP contribution in [0.4, 0.5) is 0 Å². The molecule has 2 heteroatoms. The minimum absolute atomic E-state index is 0.236. The highest BCUT2D eigenvalue weighted by Gasteiger charge is 2.46. The summed E-state index contributed by atoms with van der Waals surface area (Å²) in [6.45, 7) is 11.6. The molecule has 2 atom stereocenters. The molecule has 0 aliphatic heterocycles. The van der Waals surface area contributed by atoms with E-state index in [2.05, 4.69) is 93.8 Å². The van der Waals surface area contributed by atoms with Gasteiger partial charge in [0.05, 0.1) is 0 Å². The van der Waals surface area contributed by atoms with E-state index in [0.717, 1.165) is 0 Å². The van der Waals surface area contributed by atoms with Crippen molar-refractivity contribution >= 4 is 0 Å². The molecule has 180 valence electrons. The molecule has 2 nitrogen and oxygen atoms in total. The average Bonchev–Trinajstić information content (AvgIpc) is 3.71. The largest absolute Gasteiger partial charge is 0.305 e. The Balaban J connectivity index is 1.31. The SMILES string of the molecule is CCCc1cccc(C2(NC(C)CCC(C)Cc3ccccc3C3(NC(C)C)CC3)CC2)c1. The molecule has 4 rings (SSSR count). The smallest absolute Gasteiger partial charge is 0.0440 e. The quantitative estimate of drug-likeness (QED) is 0.338. The second-order valence-electron chi connectivity index (χ2n) is 11.5. The summed E-state index contributed by atoms with van der Waals surface area (Å²) in [5.74, 6) is 0.702. The van der Waals surface area contributed by atoms with Crippen molar-refractivity contribution < 1.29 is 0 Å². The molecule has 2 fully saturated rings. The summed E-state index contributed by atoms with van der Waals surface area (Å²) >= 11 is 0. The molecule has 2 N–H and O–H groups in total. The Morgan fingerprint density at radius 3 is 2.21 bits per heavy atom. The van der Waals surface area contributed by atoms with Gasteiger partial charge in [0, 0.05) is 23.2 Å². The Bertz CT molecular complexity index is 907. The van der Waals surface area contributed by atoms with E-state index < -0.39 is 0 Å². The van der Waals surface area contributed by atoms with Gasteiger partial charge in [-0.05, 0) is 86.5 Å². The zero-order valence-corrected chi connectivity index (χ0v) is 21.7. The van der Waals surface area contributed by atoms with E-state index in [9.17, 15) is 0 Å². The Morgan fingerprint density at radius 1 is 0.818 bits per heavy atom. The zero-order chi connectivity index (χ0) is 23.5. The first kappa shape index (κ1) is 24.5. The lowest BCUT2D eigenvalue weighted by Crippen LogP contribution is -2.37. The molecule has 2 aromatic rings. The van der Waals surface area contributed by atoms with Crippen molar-refractivity contribution in [3.05, 3.63) is 70.8 Å². The van der Waals surface area contributed by atoms with Gasteiger partial charge < -0.3 is 10.6 Å². The van der Waals surface area contributed by atoms with Gasteiger partial charge in [0.15, 0.2) is 0 Å². The molecule has 0 aromatic heterocycles. The summed E-state index contributed by atoms with van der Waals surface area (Å²) in [5.41, 5.74) is 6.59. The third kappa shape index (κ3) is 6.08. The Hall–Kier alpha value is -1.64. The molecule has 0 bridgehead atoms. The van der Waals surface area contributed by atoms with Crippen LogP contribution in [0.15, 0.2) is 48.5 Å². The number of rotatable bonds is 13. The molecule has 2 unspecified atom stereocenters. The number of aryl methyl sites for hydroxylation is 1. The van der Waals surface area contributed by atoms with Crippen LogP contribution >= 0.6 is 0 Å². The van der Waals surface area contributed by atoms with Gasteiger partial charge in [-0.15, -0.1) is 0 Å². The van der Waals surface area contributed by atoms with Gasteiger partial charge in [0.1, 0.15) is 0 Å². The highest BCUT2D eigenvalue weighted by Crippen LogP contribution is 2.48. The number of hydrogen-bond donors (Lipinski definition) is 2. The third-order valence-corrected chi connectivity index (χ3v) is 7.80. The summed E-state index contributed by atoms with van der Waals surface area (Å²) < 4.78 is 0. The monoisotopic (exact) mass is 446 g/mol. The lowest BCUT2D eigenvalue weighted by Gasteiger charge is -2.26. The van der Waals surface area contributed by atoms with Crippen molar-refractivity contribution in [2.75, 3.05) is 0 Å². The molecule has 0 amide bonds. The van der Waals surface area contributed by atoms with Crippen LogP contribution in [0.1, 0.15) is 102 Å². The van der Waals surface area contributed by atoms with Crippen molar-refractivity contribution in [3.8, 4) is 0 Å². The molecule has 2 aliphatic carbocycles. The summed E-state index contributed by atoms with van der Waals surface area (Å²) in [5, 5.41) is 7.89. The van der Waals surface area contributed by atoms with Crippen molar-refractivity contribution in [1.29, 1.82) is 0 Å². The first-order valence-electron chi connectivity index (χ1n) is 13.6. The molecule has 2 aromatic carbocycles. The number of nitrogens with one attached hydrogen (secondary N) is 2. The fourth-order valence-electron chi connectivity index (χ4n) is 5.84. The molecule has 0 heterocycles. The van der Waals surface area contributed by atoms with Gasteiger partial charge in [0.2, 0.25) is 0 Å². The third-order valence-electron chi connectivity index (χ3n) is 7.80. The Kier molecular flexibility index (Phi) is 7.66. The van der Waals surface area contributed by atoms with Crippen LogP contribution < -0.4 is 10.6 Å². The minimum Gasteiger partial charge on any atom is -0.305 e. The molecule has 0 spiro atoms. The topological polar surface area (TPSA) is 24.1 Å². The van der Waals surface area contributed by atoms with E-state index in [0.29, 0.717) is 18.0 Å². The van der Waals surface area contributed by atoms with E-state index in [1.807, 2.05) is 0 Å². The summed E-state index contributed by atoms with van der Waals surface area (Å²) in [6.07, 6.45) is 11.2. The van der Waals surface area contributed by atoms with Gasteiger partial charge in [-0.1, -0.05) is 82.6 Å². The molecule has 33 heavy (non-hydrogen) atoms. The van der Waals surface area contributed by atoms with Crippen molar-refractivity contribution in [2.24, 2.45) is 5.92 Å². The second kappa shape index (κ2) is 10.3.